The molecule has 100 valence electrons. The zero-order valence-corrected chi connectivity index (χ0v) is 13.2. The number of benzene rings is 3. The minimum Gasteiger partial charge on any atom is -0.0843 e. The van der Waals surface area contributed by atoms with Gasteiger partial charge < -0.3 is 0 Å². The molecule has 1 unspecified atom stereocenters. The average molecular weight is 346 g/mol. The Bertz CT molecular complexity index is 719. The molecule has 3 aromatic carbocycles. The van der Waals surface area contributed by atoms with Gasteiger partial charge in [0.15, 0.2) is 0 Å². The Morgan fingerprint density at radius 3 is 2.30 bits per heavy atom. The number of hydrogen-bond acceptors (Lipinski definition) is 0. The molecule has 3 rings (SSSR count). The molecule has 0 nitrogen and oxygen atoms in total. The topological polar surface area (TPSA) is 0 Å². The molecule has 0 bridgehead atoms. The predicted molar refractivity (Wildman–Crippen MR) is 90.8 cm³/mol. The van der Waals surface area contributed by atoms with Gasteiger partial charge in [0, 0.05) is 9.85 Å². The third kappa shape index (κ3) is 3.05. The van der Waals surface area contributed by atoms with Gasteiger partial charge >= 0.3 is 0 Å². The quantitative estimate of drug-likeness (QED) is 0.498. The molecule has 0 radical (unpaired) electrons. The van der Waals surface area contributed by atoms with Gasteiger partial charge in [0.2, 0.25) is 0 Å². The molecule has 0 saturated carbocycles. The maximum atomic E-state index is 5.93. The van der Waals surface area contributed by atoms with Crippen molar-refractivity contribution in [2.45, 2.75) is 11.2 Å². The summed E-state index contributed by atoms with van der Waals surface area (Å²) in [5.74, 6) is 0. The summed E-state index contributed by atoms with van der Waals surface area (Å²) in [6.07, 6.45) is 0.965. The lowest BCUT2D eigenvalue weighted by Crippen LogP contribution is -1.95. The van der Waals surface area contributed by atoms with Crippen LogP contribution < -0.4 is 0 Å². The fraction of sp³-hybridized carbons (Fsp3) is 0.111. The first-order valence-corrected chi connectivity index (χ1v) is 7.89. The molecular weight excluding hydrogens is 332 g/mol. The molecule has 0 aliphatic rings. The standard InChI is InChI=1S/C18H14BrCl/c19-18(15-7-9-17(20)10-8-15)12-13-5-6-14-3-1-2-4-16(14)11-13/h1-11,18H,12H2. The van der Waals surface area contributed by atoms with Crippen LogP contribution in [0.3, 0.4) is 0 Å². The number of fused-ring (bicyclic) bond motifs is 1. The van der Waals surface area contributed by atoms with Gasteiger partial charge in [-0.1, -0.05) is 82.1 Å². The van der Waals surface area contributed by atoms with E-state index in [1.54, 1.807) is 0 Å². The number of alkyl halides is 1. The highest BCUT2D eigenvalue weighted by Crippen LogP contribution is 2.29. The van der Waals surface area contributed by atoms with Gasteiger partial charge in [0.1, 0.15) is 0 Å². The van der Waals surface area contributed by atoms with Crippen LogP contribution in [0.5, 0.6) is 0 Å². The second-order valence-electron chi connectivity index (χ2n) is 4.90. The lowest BCUT2D eigenvalue weighted by molar-refractivity contribution is 0.951. The van der Waals surface area contributed by atoms with Crippen molar-refractivity contribution in [1.29, 1.82) is 0 Å². The number of hydrogen-bond donors (Lipinski definition) is 0. The van der Waals surface area contributed by atoms with Gasteiger partial charge in [0.25, 0.3) is 0 Å². The molecule has 0 N–H and O–H groups in total. The average Bonchev–Trinajstić information content (AvgIpc) is 2.48. The van der Waals surface area contributed by atoms with Crippen molar-refractivity contribution < 1.29 is 0 Å². The van der Waals surface area contributed by atoms with Crippen molar-refractivity contribution in [2.75, 3.05) is 0 Å². The molecule has 0 heterocycles. The highest BCUT2D eigenvalue weighted by atomic mass is 79.9. The number of halogens is 2. The van der Waals surface area contributed by atoms with E-state index in [1.165, 1.54) is 21.9 Å². The van der Waals surface area contributed by atoms with Crippen LogP contribution in [0.25, 0.3) is 10.8 Å². The van der Waals surface area contributed by atoms with E-state index in [0.29, 0.717) is 4.83 Å². The lowest BCUT2D eigenvalue weighted by atomic mass is 10.0. The Kier molecular flexibility index (Phi) is 4.09. The molecule has 0 amide bonds. The second kappa shape index (κ2) is 5.99. The fourth-order valence-corrected chi connectivity index (χ4v) is 3.17. The van der Waals surface area contributed by atoms with E-state index in [0.717, 1.165) is 11.4 Å². The normalized spacial score (nSPS) is 12.5. The van der Waals surface area contributed by atoms with Crippen molar-refractivity contribution in [1.82, 2.24) is 0 Å². The van der Waals surface area contributed by atoms with E-state index < -0.39 is 0 Å². The molecule has 20 heavy (non-hydrogen) atoms. The number of rotatable bonds is 3. The highest BCUT2D eigenvalue weighted by molar-refractivity contribution is 9.09. The zero-order chi connectivity index (χ0) is 13.9. The molecule has 3 aromatic rings. The Morgan fingerprint density at radius 1 is 0.850 bits per heavy atom. The van der Waals surface area contributed by atoms with Crippen LogP contribution in [-0.2, 0) is 6.42 Å². The van der Waals surface area contributed by atoms with Gasteiger partial charge in [-0.15, -0.1) is 0 Å². The molecule has 0 fully saturated rings. The van der Waals surface area contributed by atoms with Gasteiger partial charge in [-0.05, 0) is 40.5 Å². The SMILES string of the molecule is Clc1ccc(C(Br)Cc2ccc3ccccc3c2)cc1. The summed E-state index contributed by atoms with van der Waals surface area (Å²) in [7, 11) is 0. The van der Waals surface area contributed by atoms with Crippen LogP contribution in [0.4, 0.5) is 0 Å². The van der Waals surface area contributed by atoms with Gasteiger partial charge in [0.05, 0.1) is 0 Å². The summed E-state index contributed by atoms with van der Waals surface area (Å²) < 4.78 is 0. The minimum atomic E-state index is 0.306. The smallest absolute Gasteiger partial charge is 0.0435 e. The Hall–Kier alpha value is -1.31. The molecule has 0 saturated heterocycles. The molecular formula is C18H14BrCl. The lowest BCUT2D eigenvalue weighted by Gasteiger charge is -2.11. The van der Waals surface area contributed by atoms with Crippen molar-refractivity contribution in [3.8, 4) is 0 Å². The summed E-state index contributed by atoms with van der Waals surface area (Å²) >= 11 is 9.69. The Balaban J connectivity index is 1.83. The zero-order valence-electron chi connectivity index (χ0n) is 10.9. The summed E-state index contributed by atoms with van der Waals surface area (Å²) in [4.78, 5) is 0.306. The summed E-state index contributed by atoms with van der Waals surface area (Å²) in [5.41, 5.74) is 2.59. The molecule has 0 aliphatic heterocycles. The van der Waals surface area contributed by atoms with Crippen molar-refractivity contribution in [2.24, 2.45) is 0 Å². The van der Waals surface area contributed by atoms with Crippen LogP contribution in [-0.4, -0.2) is 0 Å². The Labute approximate surface area is 132 Å². The van der Waals surface area contributed by atoms with Crippen molar-refractivity contribution in [3.05, 3.63) is 82.9 Å². The van der Waals surface area contributed by atoms with Crippen LogP contribution in [0.2, 0.25) is 5.02 Å². The maximum Gasteiger partial charge on any atom is 0.0435 e. The van der Waals surface area contributed by atoms with Crippen LogP contribution >= 0.6 is 27.5 Å². The van der Waals surface area contributed by atoms with Crippen LogP contribution in [0.1, 0.15) is 16.0 Å². The summed E-state index contributed by atoms with van der Waals surface area (Å²) in [5, 5.41) is 3.36. The van der Waals surface area contributed by atoms with Gasteiger partial charge in [-0.25, -0.2) is 0 Å². The summed E-state index contributed by atoms with van der Waals surface area (Å²) in [6, 6.07) is 23.1. The van der Waals surface area contributed by atoms with E-state index in [4.69, 9.17) is 11.6 Å². The van der Waals surface area contributed by atoms with E-state index >= 15 is 0 Å². The Morgan fingerprint density at radius 2 is 1.55 bits per heavy atom. The highest BCUT2D eigenvalue weighted by Gasteiger charge is 2.08. The minimum absolute atomic E-state index is 0.306. The third-order valence-electron chi connectivity index (χ3n) is 3.46. The largest absolute Gasteiger partial charge is 0.0843 e. The molecule has 0 spiro atoms. The van der Waals surface area contributed by atoms with E-state index in [1.807, 2.05) is 12.1 Å². The van der Waals surface area contributed by atoms with E-state index in [9.17, 15) is 0 Å². The van der Waals surface area contributed by atoms with Crippen LogP contribution in [0, 0.1) is 0 Å². The van der Waals surface area contributed by atoms with Crippen molar-refractivity contribution in [3.63, 3.8) is 0 Å². The molecule has 0 aliphatic carbocycles. The molecule has 0 aromatic heterocycles. The molecule has 1 atom stereocenters. The first kappa shape index (κ1) is 13.7. The van der Waals surface area contributed by atoms with E-state index in [2.05, 4.69) is 70.5 Å². The first-order chi connectivity index (χ1) is 9.72. The van der Waals surface area contributed by atoms with E-state index in [-0.39, 0.29) is 0 Å². The first-order valence-electron chi connectivity index (χ1n) is 6.59. The fourth-order valence-electron chi connectivity index (χ4n) is 2.36. The monoisotopic (exact) mass is 344 g/mol. The maximum absolute atomic E-state index is 5.93. The third-order valence-corrected chi connectivity index (χ3v) is 4.56. The predicted octanol–water partition coefficient (Wildman–Crippen LogP) is 6.17. The van der Waals surface area contributed by atoms with Gasteiger partial charge in [-0.3, -0.25) is 0 Å². The van der Waals surface area contributed by atoms with Gasteiger partial charge in [-0.2, -0.15) is 0 Å². The van der Waals surface area contributed by atoms with Crippen molar-refractivity contribution >= 4 is 38.3 Å². The summed E-state index contributed by atoms with van der Waals surface area (Å²) in [6.45, 7) is 0. The molecule has 2 heteroatoms. The van der Waals surface area contributed by atoms with Crippen LogP contribution in [0.15, 0.2) is 66.7 Å². The second-order valence-corrected chi connectivity index (χ2v) is 6.45.